The Labute approximate surface area is 167 Å². The second-order valence-corrected chi connectivity index (χ2v) is 6.96. The minimum absolute atomic E-state index is 0.155. The number of rotatable bonds is 8. The summed E-state index contributed by atoms with van der Waals surface area (Å²) in [6.45, 7) is 3.51. The van der Waals surface area contributed by atoms with Crippen molar-refractivity contribution in [3.63, 3.8) is 0 Å². The van der Waals surface area contributed by atoms with E-state index in [2.05, 4.69) is 5.32 Å². The van der Waals surface area contributed by atoms with Gasteiger partial charge in [-0.15, -0.1) is 0 Å². The van der Waals surface area contributed by atoms with E-state index in [1.54, 1.807) is 19.1 Å². The summed E-state index contributed by atoms with van der Waals surface area (Å²) in [4.78, 5) is 48.8. The van der Waals surface area contributed by atoms with Crippen LogP contribution in [0.25, 0.3) is 11.0 Å². The van der Waals surface area contributed by atoms with Gasteiger partial charge in [0.15, 0.2) is 5.78 Å². The first-order chi connectivity index (χ1) is 13.7. The summed E-state index contributed by atoms with van der Waals surface area (Å²) in [6, 6.07) is 2.99. The number of nitrogens with two attached hydrogens (primary N) is 3. The van der Waals surface area contributed by atoms with Gasteiger partial charge in [-0.1, -0.05) is 18.6 Å². The lowest BCUT2D eigenvalue weighted by molar-refractivity contribution is -0.121. The van der Waals surface area contributed by atoms with Gasteiger partial charge in [0, 0.05) is 10.9 Å². The lowest BCUT2D eigenvalue weighted by atomic mass is 9.97. The van der Waals surface area contributed by atoms with E-state index in [0.717, 1.165) is 12.8 Å². The molecule has 2 rings (SSSR count). The van der Waals surface area contributed by atoms with Crippen LogP contribution in [0.5, 0.6) is 0 Å². The molecule has 2 aromatic rings. The lowest BCUT2D eigenvalue weighted by Gasteiger charge is -2.12. The molecule has 29 heavy (non-hydrogen) atoms. The third-order valence-corrected chi connectivity index (χ3v) is 4.64. The molecular formula is C20H26N4O5. The first kappa shape index (κ1) is 22.4. The average molecular weight is 402 g/mol. The molecule has 1 aromatic carbocycles. The number of hydrogen-bond acceptors (Lipinski definition) is 8. The SMILES string of the molecule is Cc1c(C(=O)NC(=O)[C@H](C)N)c(=O)oc2cc(C(=O)[C@@H](N)CCCCN)ccc12. The van der Waals surface area contributed by atoms with Gasteiger partial charge in [-0.2, -0.15) is 0 Å². The highest BCUT2D eigenvalue weighted by Crippen LogP contribution is 2.22. The number of ketones is 1. The molecule has 0 spiro atoms. The Morgan fingerprint density at radius 2 is 1.86 bits per heavy atom. The minimum Gasteiger partial charge on any atom is -0.422 e. The highest BCUT2D eigenvalue weighted by Gasteiger charge is 2.23. The van der Waals surface area contributed by atoms with E-state index < -0.39 is 29.5 Å². The summed E-state index contributed by atoms with van der Waals surface area (Å²) in [5, 5.41) is 2.54. The van der Waals surface area contributed by atoms with Gasteiger partial charge in [-0.3, -0.25) is 19.7 Å². The largest absolute Gasteiger partial charge is 0.422 e. The Kier molecular flexibility index (Phi) is 7.38. The monoisotopic (exact) mass is 402 g/mol. The van der Waals surface area contributed by atoms with Gasteiger partial charge in [0.2, 0.25) is 5.91 Å². The highest BCUT2D eigenvalue weighted by atomic mass is 16.4. The number of Topliss-reactive ketones (excluding diaryl/α,β-unsaturated/α-hetero) is 1. The van der Waals surface area contributed by atoms with Crippen LogP contribution < -0.4 is 28.1 Å². The fourth-order valence-electron chi connectivity index (χ4n) is 2.91. The molecule has 0 saturated carbocycles. The van der Waals surface area contributed by atoms with E-state index in [1.807, 2.05) is 0 Å². The second kappa shape index (κ2) is 9.55. The minimum atomic E-state index is -0.915. The second-order valence-electron chi connectivity index (χ2n) is 6.96. The van der Waals surface area contributed by atoms with Crippen molar-refractivity contribution in [3.8, 4) is 0 Å². The molecule has 1 aromatic heterocycles. The normalized spacial score (nSPS) is 13.1. The maximum atomic E-state index is 12.5. The van der Waals surface area contributed by atoms with Crippen LogP contribution in [0.1, 0.15) is 52.5 Å². The molecule has 0 saturated heterocycles. The van der Waals surface area contributed by atoms with E-state index >= 15 is 0 Å². The van der Waals surface area contributed by atoms with E-state index in [4.69, 9.17) is 21.6 Å². The van der Waals surface area contributed by atoms with Crippen LogP contribution in [0, 0.1) is 6.92 Å². The van der Waals surface area contributed by atoms with Crippen molar-refractivity contribution in [1.82, 2.24) is 5.32 Å². The molecule has 0 aliphatic heterocycles. The molecule has 0 aliphatic carbocycles. The van der Waals surface area contributed by atoms with Crippen LogP contribution in [0.2, 0.25) is 0 Å². The van der Waals surface area contributed by atoms with Crippen molar-refractivity contribution >= 4 is 28.6 Å². The predicted octanol–water partition coefficient (Wildman–Crippen LogP) is 0.344. The van der Waals surface area contributed by atoms with Gasteiger partial charge in [0.1, 0.15) is 11.1 Å². The number of hydrogen-bond donors (Lipinski definition) is 4. The molecule has 1 heterocycles. The summed E-state index contributed by atoms with van der Waals surface area (Å²) < 4.78 is 5.24. The van der Waals surface area contributed by atoms with Crippen LogP contribution in [0.4, 0.5) is 0 Å². The molecule has 156 valence electrons. The number of fused-ring (bicyclic) bond motifs is 1. The van der Waals surface area contributed by atoms with Crippen LogP contribution >= 0.6 is 0 Å². The van der Waals surface area contributed by atoms with E-state index in [1.165, 1.54) is 13.0 Å². The topological polar surface area (TPSA) is 172 Å². The summed E-state index contributed by atoms with van der Waals surface area (Å²) in [7, 11) is 0. The number of carbonyl (C=O) groups excluding carboxylic acids is 3. The first-order valence-corrected chi connectivity index (χ1v) is 9.35. The number of benzene rings is 1. The quantitative estimate of drug-likeness (QED) is 0.278. The zero-order valence-corrected chi connectivity index (χ0v) is 16.5. The summed E-state index contributed by atoms with van der Waals surface area (Å²) in [5.41, 5.74) is 16.4. The van der Waals surface area contributed by atoms with E-state index in [0.29, 0.717) is 29.5 Å². The van der Waals surface area contributed by atoms with E-state index in [-0.39, 0.29) is 16.9 Å². The summed E-state index contributed by atoms with van der Waals surface area (Å²) in [6.07, 6.45) is 2.02. The van der Waals surface area contributed by atoms with Crippen molar-refractivity contribution in [2.45, 2.75) is 45.2 Å². The van der Waals surface area contributed by atoms with Crippen LogP contribution in [-0.2, 0) is 4.79 Å². The maximum absolute atomic E-state index is 12.5. The van der Waals surface area contributed by atoms with E-state index in [9.17, 15) is 19.2 Å². The summed E-state index contributed by atoms with van der Waals surface area (Å²) >= 11 is 0. The maximum Gasteiger partial charge on any atom is 0.349 e. The third-order valence-electron chi connectivity index (χ3n) is 4.64. The van der Waals surface area contributed by atoms with Gasteiger partial charge in [-0.05, 0) is 44.9 Å². The van der Waals surface area contributed by atoms with Crippen LogP contribution in [0.15, 0.2) is 27.4 Å². The average Bonchev–Trinajstić information content (AvgIpc) is 2.66. The number of imide groups is 1. The zero-order chi connectivity index (χ0) is 21.7. The Morgan fingerprint density at radius 1 is 1.17 bits per heavy atom. The molecule has 9 nitrogen and oxygen atoms in total. The molecule has 2 amide bonds. The Balaban J connectivity index is 2.36. The third kappa shape index (κ3) is 5.14. The molecule has 9 heteroatoms. The van der Waals surface area contributed by atoms with Crippen LogP contribution in [0.3, 0.4) is 0 Å². The number of aryl methyl sites for hydroxylation is 1. The fourth-order valence-corrected chi connectivity index (χ4v) is 2.91. The van der Waals surface area contributed by atoms with Gasteiger partial charge in [0.05, 0.1) is 12.1 Å². The standard InChI is InChI=1S/C20H26N4O5/c1-10-13-7-6-12(17(25)14(23)5-3-4-8-21)9-15(13)29-20(28)16(10)19(27)24-18(26)11(2)22/h6-7,9,11,14H,3-5,8,21-23H2,1-2H3,(H,24,26,27)/t11-,14-/m0/s1. The molecule has 0 aliphatic rings. The van der Waals surface area contributed by atoms with Crippen molar-refractivity contribution in [2.24, 2.45) is 17.2 Å². The lowest BCUT2D eigenvalue weighted by Crippen LogP contribution is -2.43. The van der Waals surface area contributed by atoms with Crippen molar-refractivity contribution in [1.29, 1.82) is 0 Å². The molecule has 0 bridgehead atoms. The Hall–Kier alpha value is -2.88. The van der Waals surface area contributed by atoms with Gasteiger partial charge in [-0.25, -0.2) is 4.79 Å². The van der Waals surface area contributed by atoms with Gasteiger partial charge < -0.3 is 21.6 Å². The van der Waals surface area contributed by atoms with Crippen molar-refractivity contribution in [3.05, 3.63) is 45.3 Å². The first-order valence-electron chi connectivity index (χ1n) is 9.35. The van der Waals surface area contributed by atoms with Gasteiger partial charge in [0.25, 0.3) is 5.91 Å². The molecule has 0 unspecified atom stereocenters. The highest BCUT2D eigenvalue weighted by molar-refractivity contribution is 6.08. The Bertz CT molecular complexity index is 996. The van der Waals surface area contributed by atoms with Crippen molar-refractivity contribution < 1.29 is 18.8 Å². The summed E-state index contributed by atoms with van der Waals surface area (Å²) in [5.74, 6) is -1.87. The van der Waals surface area contributed by atoms with Crippen LogP contribution in [-0.4, -0.2) is 36.2 Å². The molecular weight excluding hydrogens is 376 g/mol. The molecule has 0 radical (unpaired) electrons. The predicted molar refractivity (Wildman–Crippen MR) is 109 cm³/mol. The van der Waals surface area contributed by atoms with Crippen molar-refractivity contribution in [2.75, 3.05) is 6.54 Å². The molecule has 0 fully saturated rings. The number of unbranched alkanes of at least 4 members (excludes halogenated alkanes) is 1. The number of amides is 2. The molecule has 2 atom stereocenters. The number of carbonyl (C=O) groups is 3. The fraction of sp³-hybridized carbons (Fsp3) is 0.400. The Morgan fingerprint density at radius 3 is 2.48 bits per heavy atom. The zero-order valence-electron chi connectivity index (χ0n) is 16.5. The smallest absolute Gasteiger partial charge is 0.349 e. The number of nitrogens with one attached hydrogen (secondary N) is 1. The van der Waals surface area contributed by atoms with Gasteiger partial charge >= 0.3 is 5.63 Å². The molecule has 7 N–H and O–H groups in total.